The van der Waals surface area contributed by atoms with E-state index in [1.807, 2.05) is 25.3 Å². The zero-order chi connectivity index (χ0) is 10.8. The molecule has 0 aromatic carbocycles. The average molecular weight is 283 g/mol. The third-order valence-corrected chi connectivity index (χ3v) is 3.76. The molecule has 0 aliphatic heterocycles. The maximum atomic E-state index is 6.13. The lowest BCUT2D eigenvalue weighted by Gasteiger charge is -2.09. The monoisotopic (exact) mass is 282 g/mol. The van der Waals surface area contributed by atoms with Gasteiger partial charge >= 0.3 is 0 Å². The Bertz CT molecular complexity index is 450. The maximum absolute atomic E-state index is 6.13. The molecule has 2 aromatic heterocycles. The standard InChI is InChI=1S/C11H11BrN2S/c1-7-2-3-8(5-14-7)11(13)9-4-10(12)15-6-9/h2-6,11H,13H2,1H3. The summed E-state index contributed by atoms with van der Waals surface area (Å²) < 4.78 is 1.10. The largest absolute Gasteiger partial charge is 0.320 e. The summed E-state index contributed by atoms with van der Waals surface area (Å²) in [4.78, 5) is 4.24. The van der Waals surface area contributed by atoms with Gasteiger partial charge in [0.2, 0.25) is 0 Å². The van der Waals surface area contributed by atoms with Crippen molar-refractivity contribution in [3.05, 3.63) is 50.4 Å². The van der Waals surface area contributed by atoms with Crippen LogP contribution in [0, 0.1) is 6.92 Å². The van der Waals surface area contributed by atoms with Crippen molar-refractivity contribution in [3.8, 4) is 0 Å². The van der Waals surface area contributed by atoms with E-state index in [0.29, 0.717) is 0 Å². The van der Waals surface area contributed by atoms with Gasteiger partial charge in [-0.1, -0.05) is 6.07 Å². The molecule has 2 aromatic rings. The first-order valence-electron chi connectivity index (χ1n) is 4.59. The predicted octanol–water partition coefficient (Wildman–Crippen LogP) is 3.26. The Morgan fingerprint density at radius 1 is 1.40 bits per heavy atom. The Balaban J connectivity index is 2.28. The predicted molar refractivity (Wildman–Crippen MR) is 67.0 cm³/mol. The normalized spacial score (nSPS) is 12.7. The van der Waals surface area contributed by atoms with Gasteiger partial charge in [0, 0.05) is 11.9 Å². The van der Waals surface area contributed by atoms with E-state index in [4.69, 9.17) is 5.73 Å². The van der Waals surface area contributed by atoms with E-state index in [1.165, 1.54) is 0 Å². The molecule has 0 amide bonds. The van der Waals surface area contributed by atoms with Crippen LogP contribution in [0.15, 0.2) is 33.6 Å². The summed E-state index contributed by atoms with van der Waals surface area (Å²) in [6.45, 7) is 1.97. The molecule has 0 spiro atoms. The van der Waals surface area contributed by atoms with E-state index < -0.39 is 0 Å². The van der Waals surface area contributed by atoms with Crippen molar-refractivity contribution < 1.29 is 0 Å². The molecule has 0 aliphatic rings. The quantitative estimate of drug-likeness (QED) is 0.918. The number of halogens is 1. The van der Waals surface area contributed by atoms with Crippen molar-refractivity contribution >= 4 is 27.3 Å². The Morgan fingerprint density at radius 3 is 2.73 bits per heavy atom. The second-order valence-electron chi connectivity index (χ2n) is 3.39. The second kappa shape index (κ2) is 4.43. The molecule has 4 heteroatoms. The number of aryl methyl sites for hydroxylation is 1. The molecule has 1 atom stereocenters. The van der Waals surface area contributed by atoms with E-state index in [0.717, 1.165) is 20.6 Å². The molecule has 2 rings (SSSR count). The molecular weight excluding hydrogens is 272 g/mol. The molecule has 0 saturated heterocycles. The Labute approximate surface area is 101 Å². The highest BCUT2D eigenvalue weighted by molar-refractivity contribution is 9.11. The molecule has 2 nitrogen and oxygen atoms in total. The molecular formula is C11H11BrN2S. The van der Waals surface area contributed by atoms with Gasteiger partial charge in [0.15, 0.2) is 0 Å². The van der Waals surface area contributed by atoms with Crippen molar-refractivity contribution in [2.24, 2.45) is 5.73 Å². The number of rotatable bonds is 2. The van der Waals surface area contributed by atoms with Crippen molar-refractivity contribution in [2.75, 3.05) is 0 Å². The lowest BCUT2D eigenvalue weighted by molar-refractivity contribution is 0.865. The fraction of sp³-hybridized carbons (Fsp3) is 0.182. The molecule has 0 fully saturated rings. The topological polar surface area (TPSA) is 38.9 Å². The first kappa shape index (κ1) is 10.8. The summed E-state index contributed by atoms with van der Waals surface area (Å²) in [5.41, 5.74) is 9.31. The number of aromatic nitrogens is 1. The van der Waals surface area contributed by atoms with E-state index in [2.05, 4.69) is 32.4 Å². The Morgan fingerprint density at radius 2 is 2.20 bits per heavy atom. The number of nitrogens with two attached hydrogens (primary N) is 1. The van der Waals surface area contributed by atoms with Crippen molar-refractivity contribution in [2.45, 2.75) is 13.0 Å². The van der Waals surface area contributed by atoms with Gasteiger partial charge in [-0.05, 0) is 51.5 Å². The van der Waals surface area contributed by atoms with Crippen LogP contribution in [0.4, 0.5) is 0 Å². The van der Waals surface area contributed by atoms with Gasteiger partial charge in [-0.15, -0.1) is 11.3 Å². The highest BCUT2D eigenvalue weighted by Crippen LogP contribution is 2.27. The summed E-state index contributed by atoms with van der Waals surface area (Å²) in [6, 6.07) is 5.98. The zero-order valence-corrected chi connectivity index (χ0v) is 10.7. The van der Waals surface area contributed by atoms with Crippen molar-refractivity contribution in [3.63, 3.8) is 0 Å². The summed E-state index contributed by atoms with van der Waals surface area (Å²) in [7, 11) is 0. The molecule has 1 unspecified atom stereocenters. The SMILES string of the molecule is Cc1ccc(C(N)c2csc(Br)c2)cn1. The van der Waals surface area contributed by atoms with Gasteiger partial charge in [0.1, 0.15) is 0 Å². The van der Waals surface area contributed by atoms with Crippen LogP contribution in [-0.4, -0.2) is 4.98 Å². The van der Waals surface area contributed by atoms with Crippen molar-refractivity contribution in [1.29, 1.82) is 0 Å². The third-order valence-electron chi connectivity index (χ3n) is 2.24. The Kier molecular flexibility index (Phi) is 3.19. The van der Waals surface area contributed by atoms with E-state index in [1.54, 1.807) is 11.3 Å². The number of thiophene rings is 1. The lowest BCUT2D eigenvalue weighted by atomic mass is 10.0. The van der Waals surface area contributed by atoms with E-state index >= 15 is 0 Å². The van der Waals surface area contributed by atoms with Gasteiger partial charge in [-0.25, -0.2) is 0 Å². The first-order chi connectivity index (χ1) is 7.16. The van der Waals surface area contributed by atoms with Gasteiger partial charge in [0.25, 0.3) is 0 Å². The molecule has 78 valence electrons. The smallest absolute Gasteiger partial charge is 0.0701 e. The second-order valence-corrected chi connectivity index (χ2v) is 5.69. The fourth-order valence-electron chi connectivity index (χ4n) is 1.34. The van der Waals surface area contributed by atoms with E-state index in [-0.39, 0.29) is 6.04 Å². The van der Waals surface area contributed by atoms with Crippen LogP contribution in [0.5, 0.6) is 0 Å². The van der Waals surface area contributed by atoms with Gasteiger partial charge < -0.3 is 5.73 Å². The molecule has 0 bridgehead atoms. The molecule has 15 heavy (non-hydrogen) atoms. The minimum absolute atomic E-state index is 0.0827. The number of pyridine rings is 1. The average Bonchev–Trinajstić information content (AvgIpc) is 2.65. The number of hydrogen-bond donors (Lipinski definition) is 1. The number of nitrogens with zero attached hydrogens (tertiary/aromatic N) is 1. The summed E-state index contributed by atoms with van der Waals surface area (Å²) >= 11 is 5.08. The van der Waals surface area contributed by atoms with Crippen LogP contribution in [0.3, 0.4) is 0 Å². The number of hydrogen-bond acceptors (Lipinski definition) is 3. The molecule has 0 aliphatic carbocycles. The van der Waals surface area contributed by atoms with Crippen LogP contribution in [0.2, 0.25) is 0 Å². The fourth-order valence-corrected chi connectivity index (χ4v) is 2.55. The molecule has 0 saturated carbocycles. The van der Waals surface area contributed by atoms with Gasteiger partial charge in [-0.3, -0.25) is 4.98 Å². The minimum Gasteiger partial charge on any atom is -0.320 e. The van der Waals surface area contributed by atoms with Crippen molar-refractivity contribution in [1.82, 2.24) is 4.98 Å². The van der Waals surface area contributed by atoms with Crippen LogP contribution < -0.4 is 5.73 Å². The third kappa shape index (κ3) is 2.45. The van der Waals surface area contributed by atoms with Crippen LogP contribution >= 0.6 is 27.3 Å². The minimum atomic E-state index is -0.0827. The molecule has 0 radical (unpaired) electrons. The first-order valence-corrected chi connectivity index (χ1v) is 6.26. The molecule has 2 N–H and O–H groups in total. The summed E-state index contributed by atoms with van der Waals surface area (Å²) in [5, 5.41) is 2.06. The zero-order valence-electron chi connectivity index (χ0n) is 8.27. The van der Waals surface area contributed by atoms with E-state index in [9.17, 15) is 0 Å². The van der Waals surface area contributed by atoms with Crippen LogP contribution in [0.25, 0.3) is 0 Å². The highest BCUT2D eigenvalue weighted by Gasteiger charge is 2.10. The molecule has 2 heterocycles. The maximum Gasteiger partial charge on any atom is 0.0701 e. The van der Waals surface area contributed by atoms with Gasteiger partial charge in [0.05, 0.1) is 9.83 Å². The van der Waals surface area contributed by atoms with Crippen LogP contribution in [0.1, 0.15) is 22.9 Å². The lowest BCUT2D eigenvalue weighted by Crippen LogP contribution is -2.11. The summed E-state index contributed by atoms with van der Waals surface area (Å²) in [5.74, 6) is 0. The van der Waals surface area contributed by atoms with Gasteiger partial charge in [-0.2, -0.15) is 0 Å². The summed E-state index contributed by atoms with van der Waals surface area (Å²) in [6.07, 6.45) is 1.84. The van der Waals surface area contributed by atoms with Crippen LogP contribution in [-0.2, 0) is 0 Å². The highest BCUT2D eigenvalue weighted by atomic mass is 79.9. The Hall–Kier alpha value is -0.710.